The molecule has 3 rings (SSSR count). The van der Waals surface area contributed by atoms with E-state index in [2.05, 4.69) is 106 Å². The van der Waals surface area contributed by atoms with Crippen molar-refractivity contribution in [2.24, 2.45) is 0 Å². The van der Waals surface area contributed by atoms with Crippen LogP contribution in [0.3, 0.4) is 0 Å². The molecule has 25 heavy (non-hydrogen) atoms. The maximum Gasteiger partial charge on any atom is 0.0280 e. The summed E-state index contributed by atoms with van der Waals surface area (Å²) in [6.45, 7) is 6.69. The Labute approximate surface area is 151 Å². The molecule has 0 bridgehead atoms. The summed E-state index contributed by atoms with van der Waals surface area (Å²) in [5, 5.41) is 0. The first-order valence-corrected chi connectivity index (χ1v) is 9.08. The van der Waals surface area contributed by atoms with Crippen molar-refractivity contribution in [3.63, 3.8) is 0 Å². The molecule has 1 unspecified atom stereocenters. The Morgan fingerprint density at radius 3 is 2.12 bits per heavy atom. The topological polar surface area (TPSA) is 0 Å². The first kappa shape index (κ1) is 17.2. The lowest BCUT2D eigenvalue weighted by Crippen LogP contribution is -2.05. The third kappa shape index (κ3) is 3.91. The minimum atomic E-state index is 0.276. The molecule has 0 N–H and O–H groups in total. The van der Waals surface area contributed by atoms with Crippen molar-refractivity contribution >= 4 is 5.57 Å². The van der Waals surface area contributed by atoms with Gasteiger partial charge in [-0.05, 0) is 53.7 Å². The molecular formula is C25H26. The molecule has 1 atom stereocenters. The minimum Gasteiger partial charge on any atom is -0.0691 e. The first-order chi connectivity index (χ1) is 12.2. The maximum atomic E-state index is 2.42. The van der Waals surface area contributed by atoms with E-state index in [1.165, 1.54) is 33.4 Å². The fourth-order valence-corrected chi connectivity index (χ4v) is 3.55. The molecule has 0 aliphatic rings. The van der Waals surface area contributed by atoms with Gasteiger partial charge < -0.3 is 0 Å². The zero-order valence-electron chi connectivity index (χ0n) is 15.4. The van der Waals surface area contributed by atoms with Crippen molar-refractivity contribution in [2.45, 2.75) is 33.1 Å². The molecule has 0 spiro atoms. The lowest BCUT2D eigenvalue weighted by molar-refractivity contribution is 0.957. The van der Waals surface area contributed by atoms with Gasteiger partial charge in [0.25, 0.3) is 0 Å². The van der Waals surface area contributed by atoms with Crippen molar-refractivity contribution in [1.29, 1.82) is 0 Å². The third-order valence-corrected chi connectivity index (χ3v) is 4.91. The van der Waals surface area contributed by atoms with Crippen molar-refractivity contribution < 1.29 is 0 Å². The quantitative estimate of drug-likeness (QED) is 0.484. The van der Waals surface area contributed by atoms with Gasteiger partial charge >= 0.3 is 0 Å². The van der Waals surface area contributed by atoms with Crippen LogP contribution in [0, 0.1) is 6.92 Å². The van der Waals surface area contributed by atoms with E-state index in [1.54, 1.807) is 0 Å². The Morgan fingerprint density at radius 1 is 0.840 bits per heavy atom. The van der Waals surface area contributed by atoms with E-state index in [0.717, 1.165) is 6.42 Å². The van der Waals surface area contributed by atoms with Crippen molar-refractivity contribution in [3.8, 4) is 0 Å². The number of rotatable bonds is 5. The van der Waals surface area contributed by atoms with Crippen LogP contribution in [0.4, 0.5) is 0 Å². The van der Waals surface area contributed by atoms with E-state index in [0.29, 0.717) is 0 Å². The van der Waals surface area contributed by atoms with Crippen LogP contribution in [0.15, 0.2) is 84.9 Å². The highest BCUT2D eigenvalue weighted by Crippen LogP contribution is 2.34. The van der Waals surface area contributed by atoms with Crippen LogP contribution in [0.1, 0.15) is 47.6 Å². The predicted octanol–water partition coefficient (Wildman–Crippen LogP) is 6.79. The second-order valence-corrected chi connectivity index (χ2v) is 6.61. The van der Waals surface area contributed by atoms with Crippen LogP contribution in [-0.4, -0.2) is 0 Å². The maximum absolute atomic E-state index is 2.42. The molecule has 0 fully saturated rings. The van der Waals surface area contributed by atoms with E-state index in [9.17, 15) is 0 Å². The van der Waals surface area contributed by atoms with Crippen molar-refractivity contribution in [2.75, 3.05) is 0 Å². The molecule has 0 heterocycles. The Hall–Kier alpha value is -2.60. The highest BCUT2D eigenvalue weighted by molar-refractivity contribution is 5.66. The molecule has 0 saturated heterocycles. The van der Waals surface area contributed by atoms with Crippen molar-refractivity contribution in [1.82, 2.24) is 0 Å². The molecule has 0 nitrogen and oxygen atoms in total. The molecule has 0 aliphatic carbocycles. The van der Waals surface area contributed by atoms with Crippen molar-refractivity contribution in [3.05, 3.63) is 113 Å². The highest BCUT2D eigenvalue weighted by atomic mass is 14.2. The SMILES string of the molecule is CCc1cccc(C)c1C(/C=C(\C)c1ccccc1)c1ccccc1. The van der Waals surface area contributed by atoms with Gasteiger partial charge in [-0.1, -0.05) is 91.9 Å². The van der Waals surface area contributed by atoms with Crippen LogP contribution in [0.5, 0.6) is 0 Å². The zero-order chi connectivity index (χ0) is 17.6. The fraction of sp³-hybridized carbons (Fsp3) is 0.200. The van der Waals surface area contributed by atoms with E-state index < -0.39 is 0 Å². The van der Waals surface area contributed by atoms with E-state index in [-0.39, 0.29) is 5.92 Å². The van der Waals surface area contributed by atoms with Gasteiger partial charge in [0.2, 0.25) is 0 Å². The van der Waals surface area contributed by atoms with Crippen LogP contribution in [-0.2, 0) is 6.42 Å². The molecule has 3 aromatic carbocycles. The van der Waals surface area contributed by atoms with E-state index in [4.69, 9.17) is 0 Å². The number of benzene rings is 3. The molecule has 0 amide bonds. The number of aryl methyl sites for hydroxylation is 2. The number of hydrogen-bond donors (Lipinski definition) is 0. The summed E-state index contributed by atoms with van der Waals surface area (Å²) in [6.07, 6.45) is 3.48. The summed E-state index contributed by atoms with van der Waals surface area (Å²) in [5.74, 6) is 0.276. The van der Waals surface area contributed by atoms with Gasteiger partial charge in [-0.15, -0.1) is 0 Å². The zero-order valence-corrected chi connectivity index (χ0v) is 15.4. The molecular weight excluding hydrogens is 300 g/mol. The standard InChI is InChI=1S/C25H26/c1-4-21-17-11-12-19(2)25(21)24(23-15-9-6-10-16-23)18-20(3)22-13-7-5-8-14-22/h5-18,24H,4H2,1-3H3/b20-18+. The predicted molar refractivity (Wildman–Crippen MR) is 109 cm³/mol. The van der Waals surface area contributed by atoms with Gasteiger partial charge in [0.15, 0.2) is 0 Å². The average Bonchev–Trinajstić information content (AvgIpc) is 2.67. The molecule has 0 radical (unpaired) electrons. The van der Waals surface area contributed by atoms with Gasteiger partial charge in [0.1, 0.15) is 0 Å². The Kier molecular flexibility index (Phi) is 5.50. The normalized spacial score (nSPS) is 12.8. The molecule has 3 aromatic rings. The van der Waals surface area contributed by atoms with Crippen LogP contribution >= 0.6 is 0 Å². The number of hydrogen-bond acceptors (Lipinski definition) is 0. The third-order valence-electron chi connectivity index (χ3n) is 4.91. The van der Waals surface area contributed by atoms with Gasteiger partial charge in [-0.25, -0.2) is 0 Å². The van der Waals surface area contributed by atoms with Gasteiger partial charge in [0.05, 0.1) is 0 Å². The second kappa shape index (κ2) is 7.98. The van der Waals surface area contributed by atoms with Crippen LogP contribution in [0.25, 0.3) is 5.57 Å². The lowest BCUT2D eigenvalue weighted by Gasteiger charge is -2.21. The first-order valence-electron chi connectivity index (χ1n) is 9.08. The Bertz CT molecular complexity index is 842. The lowest BCUT2D eigenvalue weighted by atomic mass is 9.83. The van der Waals surface area contributed by atoms with E-state index >= 15 is 0 Å². The minimum absolute atomic E-state index is 0.276. The summed E-state index contributed by atoms with van der Waals surface area (Å²) < 4.78 is 0. The Morgan fingerprint density at radius 2 is 1.48 bits per heavy atom. The molecule has 0 heteroatoms. The molecule has 0 aliphatic heterocycles. The summed E-state index contributed by atoms with van der Waals surface area (Å²) in [4.78, 5) is 0. The van der Waals surface area contributed by atoms with Gasteiger partial charge in [-0.2, -0.15) is 0 Å². The largest absolute Gasteiger partial charge is 0.0691 e. The second-order valence-electron chi connectivity index (χ2n) is 6.61. The summed E-state index contributed by atoms with van der Waals surface area (Å²) in [5.41, 5.74) is 8.21. The highest BCUT2D eigenvalue weighted by Gasteiger charge is 2.17. The van der Waals surface area contributed by atoms with E-state index in [1.807, 2.05) is 0 Å². The van der Waals surface area contributed by atoms with Crippen LogP contribution in [0.2, 0.25) is 0 Å². The summed E-state index contributed by atoms with van der Waals surface area (Å²) in [7, 11) is 0. The van der Waals surface area contributed by atoms with Crippen LogP contribution < -0.4 is 0 Å². The smallest absolute Gasteiger partial charge is 0.0280 e. The fourth-order valence-electron chi connectivity index (χ4n) is 3.55. The number of allylic oxidation sites excluding steroid dienone is 2. The molecule has 0 aromatic heterocycles. The van der Waals surface area contributed by atoms with Gasteiger partial charge in [-0.3, -0.25) is 0 Å². The molecule has 0 saturated carbocycles. The summed E-state index contributed by atoms with van der Waals surface area (Å²) >= 11 is 0. The Balaban J connectivity index is 2.16. The summed E-state index contributed by atoms with van der Waals surface area (Å²) in [6, 6.07) is 28.2. The van der Waals surface area contributed by atoms with Gasteiger partial charge in [0, 0.05) is 5.92 Å². The average molecular weight is 326 g/mol. The monoisotopic (exact) mass is 326 g/mol. The molecule has 126 valence electrons.